The summed E-state index contributed by atoms with van der Waals surface area (Å²) in [6.45, 7) is 2.11. The summed E-state index contributed by atoms with van der Waals surface area (Å²) < 4.78 is 4.10. The van der Waals surface area contributed by atoms with E-state index in [-0.39, 0.29) is 6.04 Å². The highest BCUT2D eigenvalue weighted by molar-refractivity contribution is 7.05. The molecule has 3 rings (SSSR count). The monoisotopic (exact) mass is 302 g/mol. The maximum Gasteiger partial charge on any atom is 0.0801 e. The maximum atomic E-state index is 5.83. The second kappa shape index (κ2) is 6.64. The molecular weight excluding hydrogens is 280 g/mol. The summed E-state index contributed by atoms with van der Waals surface area (Å²) in [5.74, 6) is 6.40. The Morgan fingerprint density at radius 3 is 3.10 bits per heavy atom. The molecule has 2 unspecified atom stereocenters. The molecule has 0 spiro atoms. The summed E-state index contributed by atoms with van der Waals surface area (Å²) >= 11 is 1.47. The van der Waals surface area contributed by atoms with Gasteiger partial charge in [-0.2, -0.15) is 0 Å². The smallest absolute Gasteiger partial charge is 0.0801 e. The van der Waals surface area contributed by atoms with Crippen LogP contribution in [-0.2, 0) is 12.8 Å². The van der Waals surface area contributed by atoms with Crippen molar-refractivity contribution in [2.75, 3.05) is 0 Å². The molecule has 0 bridgehead atoms. The predicted octanol–water partition coefficient (Wildman–Crippen LogP) is 3.12. The van der Waals surface area contributed by atoms with Crippen LogP contribution in [0.15, 0.2) is 24.3 Å². The van der Waals surface area contributed by atoms with Crippen LogP contribution in [0.2, 0.25) is 0 Å². The lowest BCUT2D eigenvalue weighted by atomic mass is 9.79. The van der Waals surface area contributed by atoms with Crippen molar-refractivity contribution in [3.8, 4) is 0 Å². The molecule has 0 saturated heterocycles. The van der Waals surface area contributed by atoms with Crippen LogP contribution in [0.25, 0.3) is 0 Å². The molecule has 0 saturated carbocycles. The SMILES string of the molecule is CCc1nnsc1C(CC1CCCc2ccccc21)NN. The standard InChI is InChI=1S/C16H22N4S/c1-2-14-16(21-20-19-14)15(18-17)10-12-8-5-7-11-6-3-4-9-13(11)12/h3-4,6,9,12,15,18H,2,5,7-8,10,17H2,1H3. The Bertz CT molecular complexity index is 595. The Labute approximate surface area is 129 Å². The van der Waals surface area contributed by atoms with E-state index in [1.807, 2.05) is 0 Å². The predicted molar refractivity (Wildman–Crippen MR) is 86.1 cm³/mol. The first-order valence-corrected chi connectivity index (χ1v) is 8.45. The summed E-state index contributed by atoms with van der Waals surface area (Å²) in [5, 5.41) is 4.21. The number of nitrogens with two attached hydrogens (primary N) is 1. The number of aryl methyl sites for hydroxylation is 2. The molecular formula is C16H22N4S. The number of hydrogen-bond donors (Lipinski definition) is 2. The molecule has 1 aromatic carbocycles. The van der Waals surface area contributed by atoms with Gasteiger partial charge in [-0.25, -0.2) is 0 Å². The molecule has 21 heavy (non-hydrogen) atoms. The third-order valence-electron chi connectivity index (χ3n) is 4.45. The molecule has 0 radical (unpaired) electrons. The third kappa shape index (κ3) is 3.00. The number of fused-ring (bicyclic) bond motifs is 1. The van der Waals surface area contributed by atoms with Crippen LogP contribution in [0.5, 0.6) is 0 Å². The van der Waals surface area contributed by atoms with Gasteiger partial charge < -0.3 is 0 Å². The lowest BCUT2D eigenvalue weighted by molar-refractivity contribution is 0.428. The van der Waals surface area contributed by atoms with E-state index in [2.05, 4.69) is 46.2 Å². The Morgan fingerprint density at radius 2 is 2.29 bits per heavy atom. The van der Waals surface area contributed by atoms with Crippen LogP contribution >= 0.6 is 11.5 Å². The molecule has 2 atom stereocenters. The van der Waals surface area contributed by atoms with Crippen LogP contribution in [0.1, 0.15) is 59.8 Å². The van der Waals surface area contributed by atoms with Crippen molar-refractivity contribution in [1.82, 2.24) is 15.0 Å². The van der Waals surface area contributed by atoms with E-state index in [4.69, 9.17) is 5.84 Å². The molecule has 2 aromatic rings. The van der Waals surface area contributed by atoms with Crippen molar-refractivity contribution < 1.29 is 0 Å². The Hall–Kier alpha value is -1.30. The van der Waals surface area contributed by atoms with Crippen molar-refractivity contribution in [3.05, 3.63) is 46.0 Å². The molecule has 0 fully saturated rings. The van der Waals surface area contributed by atoms with Crippen molar-refractivity contribution >= 4 is 11.5 Å². The lowest BCUT2D eigenvalue weighted by Gasteiger charge is -2.28. The van der Waals surface area contributed by atoms with E-state index in [0.717, 1.165) is 18.5 Å². The van der Waals surface area contributed by atoms with E-state index in [9.17, 15) is 0 Å². The Kier molecular flexibility index (Phi) is 4.63. The minimum absolute atomic E-state index is 0.149. The number of rotatable bonds is 5. The molecule has 0 aliphatic heterocycles. The first kappa shape index (κ1) is 14.6. The summed E-state index contributed by atoms with van der Waals surface area (Å²) in [5.41, 5.74) is 7.07. The number of nitrogens with zero attached hydrogens (tertiary/aromatic N) is 2. The zero-order valence-electron chi connectivity index (χ0n) is 12.4. The van der Waals surface area contributed by atoms with Gasteiger partial charge in [0.25, 0.3) is 0 Å². The number of hydrogen-bond acceptors (Lipinski definition) is 5. The number of benzene rings is 1. The molecule has 1 heterocycles. The first-order valence-electron chi connectivity index (χ1n) is 7.68. The number of aromatic nitrogens is 2. The highest BCUT2D eigenvalue weighted by Crippen LogP contribution is 2.38. The molecule has 1 aliphatic rings. The zero-order chi connectivity index (χ0) is 14.7. The van der Waals surface area contributed by atoms with Gasteiger partial charge in [0, 0.05) is 0 Å². The largest absolute Gasteiger partial charge is 0.271 e. The maximum absolute atomic E-state index is 5.83. The highest BCUT2D eigenvalue weighted by atomic mass is 32.1. The fourth-order valence-electron chi connectivity index (χ4n) is 3.36. The highest BCUT2D eigenvalue weighted by Gasteiger charge is 2.26. The molecule has 0 amide bonds. The minimum atomic E-state index is 0.149. The number of hydrazine groups is 1. The summed E-state index contributed by atoms with van der Waals surface area (Å²) in [6, 6.07) is 8.97. The van der Waals surface area contributed by atoms with Crippen LogP contribution in [-0.4, -0.2) is 9.59 Å². The van der Waals surface area contributed by atoms with Crippen LogP contribution in [0, 0.1) is 0 Å². The van der Waals surface area contributed by atoms with Crippen LogP contribution in [0.4, 0.5) is 0 Å². The van der Waals surface area contributed by atoms with E-state index in [0.29, 0.717) is 5.92 Å². The minimum Gasteiger partial charge on any atom is -0.271 e. The second-order valence-electron chi connectivity index (χ2n) is 5.68. The van der Waals surface area contributed by atoms with Gasteiger partial charge in [-0.3, -0.25) is 11.3 Å². The van der Waals surface area contributed by atoms with Gasteiger partial charge >= 0.3 is 0 Å². The van der Waals surface area contributed by atoms with Gasteiger partial charge in [0.2, 0.25) is 0 Å². The molecule has 1 aromatic heterocycles. The van der Waals surface area contributed by atoms with E-state index in [1.165, 1.54) is 46.8 Å². The topological polar surface area (TPSA) is 63.8 Å². The zero-order valence-corrected chi connectivity index (χ0v) is 13.2. The summed E-state index contributed by atoms with van der Waals surface area (Å²) in [6.07, 6.45) is 5.63. The summed E-state index contributed by atoms with van der Waals surface area (Å²) in [4.78, 5) is 1.20. The fourth-order valence-corrected chi connectivity index (χ4v) is 4.17. The van der Waals surface area contributed by atoms with E-state index < -0.39 is 0 Å². The molecule has 112 valence electrons. The molecule has 3 N–H and O–H groups in total. The molecule has 1 aliphatic carbocycles. The van der Waals surface area contributed by atoms with Crippen molar-refractivity contribution in [3.63, 3.8) is 0 Å². The normalized spacial score (nSPS) is 19.2. The molecule has 5 heteroatoms. The second-order valence-corrected chi connectivity index (χ2v) is 6.47. The van der Waals surface area contributed by atoms with Crippen molar-refractivity contribution in [1.29, 1.82) is 0 Å². The van der Waals surface area contributed by atoms with Crippen molar-refractivity contribution in [2.45, 2.75) is 51.0 Å². The van der Waals surface area contributed by atoms with Crippen LogP contribution in [0.3, 0.4) is 0 Å². The van der Waals surface area contributed by atoms with Gasteiger partial charge in [0.05, 0.1) is 16.6 Å². The van der Waals surface area contributed by atoms with Crippen molar-refractivity contribution in [2.24, 2.45) is 5.84 Å². The summed E-state index contributed by atoms with van der Waals surface area (Å²) in [7, 11) is 0. The van der Waals surface area contributed by atoms with Gasteiger partial charge in [0.1, 0.15) is 0 Å². The Morgan fingerprint density at radius 1 is 1.43 bits per heavy atom. The molecule has 4 nitrogen and oxygen atoms in total. The van der Waals surface area contributed by atoms with Gasteiger partial charge in [-0.1, -0.05) is 35.7 Å². The van der Waals surface area contributed by atoms with Gasteiger partial charge in [-0.05, 0) is 60.7 Å². The van der Waals surface area contributed by atoms with Gasteiger partial charge in [0.15, 0.2) is 0 Å². The van der Waals surface area contributed by atoms with Gasteiger partial charge in [-0.15, -0.1) is 5.10 Å². The fraction of sp³-hybridized carbons (Fsp3) is 0.500. The Balaban J connectivity index is 1.82. The quantitative estimate of drug-likeness (QED) is 0.658. The van der Waals surface area contributed by atoms with E-state index >= 15 is 0 Å². The third-order valence-corrected chi connectivity index (χ3v) is 5.33. The average molecular weight is 302 g/mol. The van der Waals surface area contributed by atoms with E-state index in [1.54, 1.807) is 0 Å². The first-order chi connectivity index (χ1) is 10.3. The average Bonchev–Trinajstić information content (AvgIpc) is 3.01. The van der Waals surface area contributed by atoms with Crippen LogP contribution < -0.4 is 11.3 Å². The lowest BCUT2D eigenvalue weighted by Crippen LogP contribution is -2.30. The number of nitrogens with one attached hydrogen (secondary N) is 1.